The molecule has 0 spiro atoms. The third-order valence-electron chi connectivity index (χ3n) is 1.74. The van der Waals surface area contributed by atoms with Crippen LogP contribution in [0.2, 0.25) is 0 Å². The molecule has 3 nitrogen and oxygen atoms in total. The zero-order valence-electron chi connectivity index (χ0n) is 7.73. The number of halogens is 6. The van der Waals surface area contributed by atoms with Crippen LogP contribution in [-0.4, -0.2) is 16.1 Å². The summed E-state index contributed by atoms with van der Waals surface area (Å²) in [7, 11) is 0. The highest BCUT2D eigenvalue weighted by Crippen LogP contribution is 2.36. The highest BCUT2D eigenvalue weighted by molar-refractivity contribution is 9.10. The van der Waals surface area contributed by atoms with Crippen molar-refractivity contribution in [3.63, 3.8) is 0 Å². The lowest BCUT2D eigenvalue weighted by molar-refractivity contribution is -0.141. The summed E-state index contributed by atoms with van der Waals surface area (Å²) in [5.41, 5.74) is -4.61. The Morgan fingerprint density at radius 1 is 1.41 bits per heavy atom. The number of nitrogens with zero attached hydrogens (tertiary/aromatic N) is 1. The van der Waals surface area contributed by atoms with Gasteiger partial charge < -0.3 is 5.11 Å². The summed E-state index contributed by atoms with van der Waals surface area (Å²) >= 11 is 2.52. The molecule has 0 radical (unpaired) electrons. The molecule has 0 bridgehead atoms. The van der Waals surface area contributed by atoms with E-state index in [1.807, 2.05) is 0 Å². The van der Waals surface area contributed by atoms with Crippen LogP contribution in [0.3, 0.4) is 0 Å². The van der Waals surface area contributed by atoms with Gasteiger partial charge in [-0.15, -0.1) is 0 Å². The minimum Gasteiger partial charge on any atom is -0.478 e. The number of hydrogen-bond donors (Lipinski definition) is 1. The van der Waals surface area contributed by atoms with Gasteiger partial charge in [-0.25, -0.2) is 18.6 Å². The van der Waals surface area contributed by atoms with Gasteiger partial charge in [-0.1, -0.05) is 0 Å². The first kappa shape index (κ1) is 13.8. The van der Waals surface area contributed by atoms with E-state index in [0.29, 0.717) is 6.07 Å². The monoisotopic (exact) mass is 319 g/mol. The average molecular weight is 320 g/mol. The number of carboxylic acid groups (broad SMARTS) is 1. The molecule has 0 aliphatic rings. The van der Waals surface area contributed by atoms with Crippen LogP contribution in [0.1, 0.15) is 28.0 Å². The molecule has 0 atom stereocenters. The summed E-state index contributed by atoms with van der Waals surface area (Å²) in [6.45, 7) is 0. The summed E-state index contributed by atoms with van der Waals surface area (Å²) in [4.78, 5) is 13.5. The molecule has 0 aliphatic heterocycles. The molecule has 0 saturated heterocycles. The number of rotatable bonds is 2. The summed E-state index contributed by atoms with van der Waals surface area (Å²) in [6.07, 6.45) is -8.47. The van der Waals surface area contributed by atoms with E-state index in [1.54, 1.807) is 0 Å². The van der Waals surface area contributed by atoms with Crippen molar-refractivity contribution in [3.05, 3.63) is 27.5 Å². The molecular weight excluding hydrogens is 317 g/mol. The second kappa shape index (κ2) is 4.55. The molecule has 0 aliphatic carbocycles. The van der Waals surface area contributed by atoms with Crippen molar-refractivity contribution < 1.29 is 31.9 Å². The lowest BCUT2D eigenvalue weighted by Gasteiger charge is -2.13. The number of carboxylic acids is 1. The zero-order valence-corrected chi connectivity index (χ0v) is 9.31. The van der Waals surface area contributed by atoms with Crippen LogP contribution in [0.4, 0.5) is 22.0 Å². The van der Waals surface area contributed by atoms with Crippen molar-refractivity contribution in [2.45, 2.75) is 12.6 Å². The van der Waals surface area contributed by atoms with Gasteiger partial charge in [0.2, 0.25) is 0 Å². The van der Waals surface area contributed by atoms with Gasteiger partial charge in [0.1, 0.15) is 4.60 Å². The van der Waals surface area contributed by atoms with E-state index < -0.39 is 40.0 Å². The van der Waals surface area contributed by atoms with E-state index in [1.165, 1.54) is 0 Å². The Kier molecular flexibility index (Phi) is 3.70. The van der Waals surface area contributed by atoms with E-state index >= 15 is 0 Å². The molecule has 17 heavy (non-hydrogen) atoms. The van der Waals surface area contributed by atoms with Crippen LogP contribution in [0.5, 0.6) is 0 Å². The Balaban J connectivity index is 3.64. The Morgan fingerprint density at radius 2 is 1.94 bits per heavy atom. The molecule has 9 heteroatoms. The predicted molar refractivity (Wildman–Crippen MR) is 48.9 cm³/mol. The zero-order chi connectivity index (χ0) is 13.4. The number of alkyl halides is 5. The maximum atomic E-state index is 12.5. The fourth-order valence-corrected chi connectivity index (χ4v) is 1.56. The van der Waals surface area contributed by atoms with Crippen LogP contribution in [-0.2, 0) is 6.18 Å². The van der Waals surface area contributed by atoms with Crippen molar-refractivity contribution in [2.24, 2.45) is 0 Å². The molecule has 1 rings (SSSR count). The second-order valence-corrected chi connectivity index (χ2v) is 3.67. The lowest BCUT2D eigenvalue weighted by atomic mass is 10.1. The Hall–Kier alpha value is -1.25. The third-order valence-corrected chi connectivity index (χ3v) is 2.14. The Bertz CT molecular complexity index is 460. The Labute approximate surface area is 99.4 Å². The highest BCUT2D eigenvalue weighted by atomic mass is 79.9. The first-order valence-electron chi connectivity index (χ1n) is 3.93. The molecule has 0 unspecified atom stereocenters. The van der Waals surface area contributed by atoms with Crippen LogP contribution in [0.15, 0.2) is 10.7 Å². The van der Waals surface area contributed by atoms with E-state index in [-0.39, 0.29) is 0 Å². The minimum absolute atomic E-state index is 0.509. The van der Waals surface area contributed by atoms with Crippen LogP contribution in [0.25, 0.3) is 0 Å². The van der Waals surface area contributed by atoms with Gasteiger partial charge in [-0.05, 0) is 22.0 Å². The molecule has 0 saturated carbocycles. The minimum atomic E-state index is -5.12. The smallest absolute Gasteiger partial charge is 0.434 e. The maximum Gasteiger partial charge on any atom is 0.434 e. The fraction of sp³-hybridized carbons (Fsp3) is 0.250. The molecule has 94 valence electrons. The van der Waals surface area contributed by atoms with Gasteiger partial charge in [-0.3, -0.25) is 0 Å². The first-order valence-corrected chi connectivity index (χ1v) is 4.73. The molecular formula is C8H3BrF5NO2. The number of carbonyl (C=O) groups is 1. The summed E-state index contributed by atoms with van der Waals surface area (Å²) in [5, 5.41) is 8.56. The van der Waals surface area contributed by atoms with Crippen molar-refractivity contribution >= 4 is 21.9 Å². The number of pyridine rings is 1. The van der Waals surface area contributed by atoms with E-state index in [2.05, 4.69) is 20.9 Å². The van der Waals surface area contributed by atoms with Gasteiger partial charge in [0.05, 0.1) is 5.56 Å². The maximum absolute atomic E-state index is 12.5. The molecule has 0 aromatic carbocycles. The quantitative estimate of drug-likeness (QED) is 0.670. The van der Waals surface area contributed by atoms with E-state index in [4.69, 9.17) is 5.11 Å². The number of hydrogen-bond acceptors (Lipinski definition) is 2. The molecule has 1 heterocycles. The average Bonchev–Trinajstić information content (AvgIpc) is 2.14. The van der Waals surface area contributed by atoms with Gasteiger partial charge in [-0.2, -0.15) is 13.2 Å². The SMILES string of the molecule is O=C(O)c1c(C(F)F)cc(Br)nc1C(F)(F)F. The molecule has 1 aromatic rings. The third kappa shape index (κ3) is 2.90. The van der Waals surface area contributed by atoms with Crippen LogP contribution >= 0.6 is 15.9 Å². The number of aromatic nitrogens is 1. The van der Waals surface area contributed by atoms with E-state index in [0.717, 1.165) is 0 Å². The highest BCUT2D eigenvalue weighted by Gasteiger charge is 2.40. The standard InChI is InChI=1S/C8H3BrF5NO2/c9-3-1-2(6(10)11)4(7(16)17)5(15-3)8(12,13)14/h1,6H,(H,16,17). The fourth-order valence-electron chi connectivity index (χ4n) is 1.13. The molecule has 1 aromatic heterocycles. The summed E-state index contributed by atoms with van der Waals surface area (Å²) in [5.74, 6) is -2.10. The summed E-state index contributed by atoms with van der Waals surface area (Å²) in [6, 6.07) is 0.545. The number of aromatic carboxylic acids is 1. The molecule has 0 amide bonds. The van der Waals surface area contributed by atoms with Crippen LogP contribution < -0.4 is 0 Å². The van der Waals surface area contributed by atoms with Crippen molar-refractivity contribution in [1.29, 1.82) is 0 Å². The summed E-state index contributed by atoms with van der Waals surface area (Å²) < 4.78 is 61.7. The van der Waals surface area contributed by atoms with Crippen LogP contribution in [0, 0.1) is 0 Å². The van der Waals surface area contributed by atoms with Gasteiger partial charge in [0.15, 0.2) is 5.69 Å². The topological polar surface area (TPSA) is 50.2 Å². The van der Waals surface area contributed by atoms with Crippen molar-refractivity contribution in [1.82, 2.24) is 4.98 Å². The normalized spacial score (nSPS) is 11.9. The molecule has 1 N–H and O–H groups in total. The predicted octanol–water partition coefficient (Wildman–Crippen LogP) is 3.50. The lowest BCUT2D eigenvalue weighted by Crippen LogP contribution is -2.18. The van der Waals surface area contributed by atoms with Crippen molar-refractivity contribution in [3.8, 4) is 0 Å². The van der Waals surface area contributed by atoms with Gasteiger partial charge >= 0.3 is 12.1 Å². The van der Waals surface area contributed by atoms with Crippen molar-refractivity contribution in [2.75, 3.05) is 0 Å². The molecule has 0 fully saturated rings. The Morgan fingerprint density at radius 3 is 2.29 bits per heavy atom. The van der Waals surface area contributed by atoms with Gasteiger partial charge in [0, 0.05) is 5.56 Å². The largest absolute Gasteiger partial charge is 0.478 e. The second-order valence-electron chi connectivity index (χ2n) is 2.86. The van der Waals surface area contributed by atoms with Gasteiger partial charge in [0.25, 0.3) is 6.43 Å². The first-order chi connectivity index (χ1) is 7.64. The van der Waals surface area contributed by atoms with E-state index in [9.17, 15) is 26.7 Å².